The van der Waals surface area contributed by atoms with Gasteiger partial charge in [0.1, 0.15) is 16.5 Å². The molecule has 82 valence electrons. The van der Waals surface area contributed by atoms with Gasteiger partial charge in [0.15, 0.2) is 0 Å². The molecule has 0 aliphatic carbocycles. The Balaban J connectivity index is 2.55. The van der Waals surface area contributed by atoms with E-state index in [0.29, 0.717) is 9.48 Å². The highest BCUT2D eigenvalue weighted by molar-refractivity contribution is 9.10. The number of rotatable bonds is 2. The summed E-state index contributed by atoms with van der Waals surface area (Å²) in [5, 5.41) is 14.2. The molecule has 2 rings (SSSR count). The van der Waals surface area contributed by atoms with Crippen molar-refractivity contribution in [2.45, 2.75) is 0 Å². The van der Waals surface area contributed by atoms with E-state index in [1.807, 2.05) is 0 Å². The van der Waals surface area contributed by atoms with Crippen LogP contribution >= 0.6 is 27.3 Å². The Morgan fingerprint density at radius 2 is 2.31 bits per heavy atom. The molecule has 0 saturated heterocycles. The van der Waals surface area contributed by atoms with Gasteiger partial charge in [-0.1, -0.05) is 11.2 Å². The van der Waals surface area contributed by atoms with Crippen LogP contribution in [0.2, 0.25) is 0 Å². The van der Waals surface area contributed by atoms with Gasteiger partial charge in [-0.25, -0.2) is 9.37 Å². The van der Waals surface area contributed by atoms with Crippen molar-refractivity contribution in [3.05, 3.63) is 50.6 Å². The number of hydrogen-bond donors (Lipinski definition) is 1. The highest BCUT2D eigenvalue weighted by Crippen LogP contribution is 2.22. The zero-order valence-electron chi connectivity index (χ0n) is 7.89. The molecule has 0 radical (unpaired) electrons. The standard InChI is InChI=1S/C10H6BrFN2OS/c11-7-3-1-2-6(8(7)12)9(14-15)10-13-4-5-16-10/h1-5,15H. The van der Waals surface area contributed by atoms with E-state index in [9.17, 15) is 4.39 Å². The third kappa shape index (κ3) is 1.98. The molecule has 0 atom stereocenters. The van der Waals surface area contributed by atoms with Crippen LogP contribution in [0.4, 0.5) is 4.39 Å². The molecule has 1 aromatic carbocycles. The molecule has 0 fully saturated rings. The Bertz CT molecular complexity index is 528. The molecule has 1 heterocycles. The number of thiazole rings is 1. The first kappa shape index (κ1) is 11.2. The van der Waals surface area contributed by atoms with E-state index >= 15 is 0 Å². The zero-order chi connectivity index (χ0) is 11.5. The van der Waals surface area contributed by atoms with Gasteiger partial charge in [0.05, 0.1) is 4.47 Å². The third-order valence-electron chi connectivity index (χ3n) is 1.94. The summed E-state index contributed by atoms with van der Waals surface area (Å²) < 4.78 is 14.1. The van der Waals surface area contributed by atoms with Crippen LogP contribution in [0.3, 0.4) is 0 Å². The highest BCUT2D eigenvalue weighted by Gasteiger charge is 2.16. The van der Waals surface area contributed by atoms with E-state index in [1.54, 1.807) is 23.7 Å². The Labute approximate surface area is 103 Å². The van der Waals surface area contributed by atoms with Gasteiger partial charge in [-0.15, -0.1) is 11.3 Å². The number of aromatic nitrogens is 1. The molecule has 1 N–H and O–H groups in total. The summed E-state index contributed by atoms with van der Waals surface area (Å²) in [7, 11) is 0. The van der Waals surface area contributed by atoms with Gasteiger partial charge >= 0.3 is 0 Å². The first-order valence-electron chi connectivity index (χ1n) is 4.30. The van der Waals surface area contributed by atoms with E-state index in [-0.39, 0.29) is 11.3 Å². The number of hydrogen-bond acceptors (Lipinski definition) is 4. The topological polar surface area (TPSA) is 45.5 Å². The average molecular weight is 301 g/mol. The molecular weight excluding hydrogens is 295 g/mol. The largest absolute Gasteiger partial charge is 0.410 e. The molecule has 6 heteroatoms. The monoisotopic (exact) mass is 300 g/mol. The average Bonchev–Trinajstić information content (AvgIpc) is 2.79. The minimum absolute atomic E-state index is 0.133. The van der Waals surface area contributed by atoms with Crippen molar-refractivity contribution in [2.75, 3.05) is 0 Å². The summed E-state index contributed by atoms with van der Waals surface area (Å²) in [4.78, 5) is 3.98. The lowest BCUT2D eigenvalue weighted by Gasteiger charge is -2.04. The predicted octanol–water partition coefficient (Wildman–Crippen LogP) is 3.27. The second kappa shape index (κ2) is 4.71. The predicted molar refractivity (Wildman–Crippen MR) is 63.6 cm³/mol. The zero-order valence-corrected chi connectivity index (χ0v) is 10.3. The Hall–Kier alpha value is -1.27. The van der Waals surface area contributed by atoms with Crippen molar-refractivity contribution < 1.29 is 9.60 Å². The molecule has 0 aliphatic heterocycles. The second-order valence-corrected chi connectivity index (χ2v) is 4.64. The van der Waals surface area contributed by atoms with Gasteiger partial charge in [0, 0.05) is 17.1 Å². The highest BCUT2D eigenvalue weighted by atomic mass is 79.9. The summed E-state index contributed by atoms with van der Waals surface area (Å²) in [6, 6.07) is 4.79. The summed E-state index contributed by atoms with van der Waals surface area (Å²) in [5.41, 5.74) is 0.348. The van der Waals surface area contributed by atoms with Crippen molar-refractivity contribution in [3.8, 4) is 0 Å². The lowest BCUT2D eigenvalue weighted by Crippen LogP contribution is -2.06. The van der Waals surface area contributed by atoms with Crippen LogP contribution in [0.15, 0.2) is 39.4 Å². The van der Waals surface area contributed by atoms with Gasteiger partial charge in [0.25, 0.3) is 0 Å². The summed E-state index contributed by atoms with van der Waals surface area (Å²) in [6.45, 7) is 0. The number of benzene rings is 1. The quantitative estimate of drug-likeness (QED) is 0.525. The third-order valence-corrected chi connectivity index (χ3v) is 3.33. The Morgan fingerprint density at radius 3 is 2.94 bits per heavy atom. The van der Waals surface area contributed by atoms with Gasteiger partial charge in [-0.3, -0.25) is 0 Å². The second-order valence-electron chi connectivity index (χ2n) is 2.89. The van der Waals surface area contributed by atoms with Crippen LogP contribution in [0.25, 0.3) is 0 Å². The normalized spacial score (nSPS) is 11.8. The van der Waals surface area contributed by atoms with Crippen LogP contribution in [0.5, 0.6) is 0 Å². The molecule has 0 spiro atoms. The number of oxime groups is 1. The number of halogens is 2. The first-order chi connectivity index (χ1) is 7.74. The van der Waals surface area contributed by atoms with Gasteiger partial charge in [0.2, 0.25) is 0 Å². The first-order valence-corrected chi connectivity index (χ1v) is 5.97. The minimum Gasteiger partial charge on any atom is -0.410 e. The van der Waals surface area contributed by atoms with Crippen molar-refractivity contribution in [2.24, 2.45) is 5.16 Å². The van der Waals surface area contributed by atoms with Gasteiger partial charge in [-0.05, 0) is 28.1 Å². The summed E-state index contributed by atoms with van der Waals surface area (Å²) >= 11 is 4.36. The van der Waals surface area contributed by atoms with E-state index in [1.165, 1.54) is 17.4 Å². The van der Waals surface area contributed by atoms with Crippen LogP contribution in [0.1, 0.15) is 10.6 Å². The molecule has 0 unspecified atom stereocenters. The van der Waals surface area contributed by atoms with Crippen LogP contribution in [0, 0.1) is 5.82 Å². The maximum absolute atomic E-state index is 13.8. The Morgan fingerprint density at radius 1 is 1.50 bits per heavy atom. The maximum Gasteiger partial charge on any atom is 0.148 e. The molecule has 0 saturated carbocycles. The van der Waals surface area contributed by atoms with Crippen LogP contribution in [-0.4, -0.2) is 15.9 Å². The molecular formula is C10H6BrFN2OS. The van der Waals surface area contributed by atoms with Crippen LogP contribution < -0.4 is 0 Å². The van der Waals surface area contributed by atoms with Crippen molar-refractivity contribution in [1.82, 2.24) is 4.98 Å². The summed E-state index contributed by atoms with van der Waals surface area (Å²) in [5.74, 6) is -0.467. The van der Waals surface area contributed by atoms with E-state index in [0.717, 1.165) is 0 Å². The minimum atomic E-state index is -0.467. The maximum atomic E-state index is 13.8. The molecule has 1 aromatic heterocycles. The fourth-order valence-electron chi connectivity index (χ4n) is 1.24. The Kier molecular flexibility index (Phi) is 3.31. The van der Waals surface area contributed by atoms with Crippen LogP contribution in [-0.2, 0) is 0 Å². The molecule has 16 heavy (non-hydrogen) atoms. The van der Waals surface area contributed by atoms with Crippen molar-refractivity contribution in [3.63, 3.8) is 0 Å². The molecule has 0 aliphatic rings. The summed E-state index contributed by atoms with van der Waals surface area (Å²) in [6.07, 6.45) is 1.57. The lowest BCUT2D eigenvalue weighted by atomic mass is 10.1. The van der Waals surface area contributed by atoms with Crippen molar-refractivity contribution >= 4 is 33.0 Å². The molecule has 3 nitrogen and oxygen atoms in total. The SMILES string of the molecule is ON=C(c1nccs1)c1cccc(Br)c1F. The molecule has 0 amide bonds. The van der Waals surface area contributed by atoms with Gasteiger partial charge < -0.3 is 5.21 Å². The number of nitrogens with zero attached hydrogens (tertiary/aromatic N) is 2. The fraction of sp³-hybridized carbons (Fsp3) is 0. The lowest BCUT2D eigenvalue weighted by molar-refractivity contribution is 0.319. The smallest absolute Gasteiger partial charge is 0.148 e. The van der Waals surface area contributed by atoms with Crippen molar-refractivity contribution in [1.29, 1.82) is 0 Å². The van der Waals surface area contributed by atoms with E-state index < -0.39 is 5.82 Å². The molecule has 2 aromatic rings. The fourth-order valence-corrected chi connectivity index (χ4v) is 2.24. The van der Waals surface area contributed by atoms with Gasteiger partial charge in [-0.2, -0.15) is 0 Å². The van der Waals surface area contributed by atoms with E-state index in [2.05, 4.69) is 26.1 Å². The molecule has 0 bridgehead atoms. The van der Waals surface area contributed by atoms with E-state index in [4.69, 9.17) is 5.21 Å².